The molecule has 1 aliphatic heterocycles. The molecule has 0 radical (unpaired) electrons. The Hall–Kier alpha value is -3.48. The number of rotatable bonds is 7. The van der Waals surface area contributed by atoms with Gasteiger partial charge in [-0.05, 0) is 55.7 Å². The average molecular weight is 407 g/mol. The summed E-state index contributed by atoms with van der Waals surface area (Å²) < 4.78 is 0. The standard InChI is InChI=1S/C23H25N3O4/c1-4-5-16-6-10-18(11-7-16)23(3)21(29)26(22(30)25-23)14-20(28)24-19-12-8-17(9-13-19)15(2)27/h6-13H,4-5,14H2,1-3H3,(H,24,28)(H,25,30)/t23-/m0/s1. The van der Waals surface area contributed by atoms with Crippen molar-refractivity contribution in [1.82, 2.24) is 10.2 Å². The molecule has 1 fully saturated rings. The molecule has 30 heavy (non-hydrogen) atoms. The lowest BCUT2D eigenvalue weighted by molar-refractivity contribution is -0.133. The Morgan fingerprint density at radius 1 is 1.03 bits per heavy atom. The second-order valence-corrected chi connectivity index (χ2v) is 7.58. The van der Waals surface area contributed by atoms with Gasteiger partial charge in [0.2, 0.25) is 5.91 Å². The molecular weight excluding hydrogens is 382 g/mol. The third-order valence-corrected chi connectivity index (χ3v) is 5.22. The van der Waals surface area contributed by atoms with Gasteiger partial charge in [0.25, 0.3) is 5.91 Å². The number of hydrogen-bond donors (Lipinski definition) is 2. The van der Waals surface area contributed by atoms with Crippen LogP contribution >= 0.6 is 0 Å². The number of benzene rings is 2. The number of aryl methyl sites for hydroxylation is 1. The number of imide groups is 1. The second-order valence-electron chi connectivity index (χ2n) is 7.58. The van der Waals surface area contributed by atoms with Gasteiger partial charge in [0.15, 0.2) is 5.78 Å². The highest BCUT2D eigenvalue weighted by Gasteiger charge is 2.49. The zero-order chi connectivity index (χ0) is 21.9. The van der Waals surface area contributed by atoms with Crippen molar-refractivity contribution in [3.05, 3.63) is 65.2 Å². The SMILES string of the molecule is CCCc1ccc([C@]2(C)NC(=O)N(CC(=O)Nc3ccc(C(C)=O)cc3)C2=O)cc1. The largest absolute Gasteiger partial charge is 0.325 e. The van der Waals surface area contributed by atoms with Crippen LogP contribution in [0.3, 0.4) is 0 Å². The van der Waals surface area contributed by atoms with Crippen molar-refractivity contribution in [3.8, 4) is 0 Å². The summed E-state index contributed by atoms with van der Waals surface area (Å²) in [5.41, 5.74) is 1.62. The van der Waals surface area contributed by atoms with Gasteiger partial charge in [-0.1, -0.05) is 37.6 Å². The van der Waals surface area contributed by atoms with Gasteiger partial charge in [-0.2, -0.15) is 0 Å². The maximum atomic E-state index is 13.0. The first-order chi connectivity index (χ1) is 14.2. The number of anilines is 1. The van der Waals surface area contributed by atoms with E-state index in [9.17, 15) is 19.2 Å². The molecule has 2 N–H and O–H groups in total. The molecule has 7 heteroatoms. The lowest BCUT2D eigenvalue weighted by atomic mass is 9.91. The number of carbonyl (C=O) groups is 4. The molecule has 2 aromatic carbocycles. The summed E-state index contributed by atoms with van der Waals surface area (Å²) in [6.45, 7) is 4.79. The molecule has 0 unspecified atom stereocenters. The number of nitrogens with zero attached hydrogens (tertiary/aromatic N) is 1. The first-order valence-corrected chi connectivity index (χ1v) is 9.89. The molecule has 1 aliphatic rings. The minimum absolute atomic E-state index is 0.0748. The fourth-order valence-corrected chi connectivity index (χ4v) is 3.46. The highest BCUT2D eigenvalue weighted by Crippen LogP contribution is 2.29. The number of hydrogen-bond acceptors (Lipinski definition) is 4. The molecule has 4 amide bonds. The van der Waals surface area contributed by atoms with Gasteiger partial charge in [-0.3, -0.25) is 19.3 Å². The van der Waals surface area contributed by atoms with Crippen molar-refractivity contribution in [2.75, 3.05) is 11.9 Å². The van der Waals surface area contributed by atoms with E-state index in [1.165, 1.54) is 6.92 Å². The minimum atomic E-state index is -1.22. The summed E-state index contributed by atoms with van der Waals surface area (Å²) >= 11 is 0. The van der Waals surface area contributed by atoms with Crippen LogP contribution in [0.5, 0.6) is 0 Å². The van der Waals surface area contributed by atoms with Crippen molar-refractivity contribution < 1.29 is 19.2 Å². The molecule has 1 heterocycles. The molecule has 0 aliphatic carbocycles. The maximum absolute atomic E-state index is 13.0. The van der Waals surface area contributed by atoms with E-state index in [2.05, 4.69) is 17.6 Å². The third kappa shape index (κ3) is 4.25. The van der Waals surface area contributed by atoms with Crippen molar-refractivity contribution in [2.24, 2.45) is 0 Å². The van der Waals surface area contributed by atoms with Crippen molar-refractivity contribution >= 4 is 29.3 Å². The molecule has 156 valence electrons. The van der Waals surface area contributed by atoms with E-state index in [1.807, 2.05) is 24.3 Å². The van der Waals surface area contributed by atoms with Gasteiger partial charge in [-0.15, -0.1) is 0 Å². The Kier molecular flexibility index (Phi) is 6.01. The van der Waals surface area contributed by atoms with E-state index in [-0.39, 0.29) is 5.78 Å². The Labute approximate surface area is 175 Å². The zero-order valence-corrected chi connectivity index (χ0v) is 17.3. The predicted molar refractivity (Wildman–Crippen MR) is 113 cm³/mol. The van der Waals surface area contributed by atoms with Crippen molar-refractivity contribution in [1.29, 1.82) is 0 Å². The van der Waals surface area contributed by atoms with Gasteiger partial charge in [0, 0.05) is 11.3 Å². The van der Waals surface area contributed by atoms with Gasteiger partial charge in [-0.25, -0.2) is 4.79 Å². The van der Waals surface area contributed by atoms with Crippen molar-refractivity contribution in [2.45, 2.75) is 39.2 Å². The molecular formula is C23H25N3O4. The third-order valence-electron chi connectivity index (χ3n) is 5.22. The summed E-state index contributed by atoms with van der Waals surface area (Å²) in [7, 11) is 0. The van der Waals surface area contributed by atoms with E-state index in [4.69, 9.17) is 0 Å². The first-order valence-electron chi connectivity index (χ1n) is 9.89. The summed E-state index contributed by atoms with van der Waals surface area (Å²) in [5, 5.41) is 5.35. The van der Waals surface area contributed by atoms with E-state index >= 15 is 0 Å². The minimum Gasteiger partial charge on any atom is -0.325 e. The maximum Gasteiger partial charge on any atom is 0.325 e. The molecule has 0 aromatic heterocycles. The van der Waals surface area contributed by atoms with Crippen molar-refractivity contribution in [3.63, 3.8) is 0 Å². The fraction of sp³-hybridized carbons (Fsp3) is 0.304. The van der Waals surface area contributed by atoms with E-state index in [0.29, 0.717) is 16.8 Å². The molecule has 3 rings (SSSR count). The Morgan fingerprint density at radius 2 is 1.67 bits per heavy atom. The number of urea groups is 1. The number of carbonyl (C=O) groups excluding carboxylic acids is 4. The number of nitrogens with one attached hydrogen (secondary N) is 2. The summed E-state index contributed by atoms with van der Waals surface area (Å²) in [4.78, 5) is 50.0. The molecule has 0 bridgehead atoms. The molecule has 0 spiro atoms. The molecule has 2 aromatic rings. The van der Waals surface area contributed by atoms with Gasteiger partial charge in [0.05, 0.1) is 0 Å². The molecule has 7 nitrogen and oxygen atoms in total. The lowest BCUT2D eigenvalue weighted by Gasteiger charge is -2.22. The van der Waals surface area contributed by atoms with Crippen LogP contribution in [0.15, 0.2) is 48.5 Å². The van der Waals surface area contributed by atoms with Crippen LogP contribution in [-0.4, -0.2) is 35.1 Å². The monoisotopic (exact) mass is 407 g/mol. The van der Waals surface area contributed by atoms with E-state index in [0.717, 1.165) is 23.3 Å². The number of ketones is 1. The summed E-state index contributed by atoms with van der Waals surface area (Å²) in [5.74, 6) is -1.05. The van der Waals surface area contributed by atoms with Gasteiger partial charge < -0.3 is 10.6 Å². The van der Waals surface area contributed by atoms with Crippen LogP contribution in [0.25, 0.3) is 0 Å². The Bertz CT molecular complexity index is 983. The molecule has 1 atom stereocenters. The highest BCUT2D eigenvalue weighted by atomic mass is 16.2. The Morgan fingerprint density at radius 3 is 2.23 bits per heavy atom. The van der Waals surface area contributed by atoms with Crippen LogP contribution < -0.4 is 10.6 Å². The second kappa shape index (κ2) is 8.49. The zero-order valence-electron chi connectivity index (χ0n) is 17.3. The van der Waals surface area contributed by atoms with Crippen LogP contribution in [0, 0.1) is 0 Å². The van der Waals surface area contributed by atoms with Crippen LogP contribution in [0.2, 0.25) is 0 Å². The Balaban J connectivity index is 1.69. The summed E-state index contributed by atoms with van der Waals surface area (Å²) in [6.07, 6.45) is 1.96. The fourth-order valence-electron chi connectivity index (χ4n) is 3.46. The first kappa shape index (κ1) is 21.2. The smallest absolute Gasteiger partial charge is 0.325 e. The molecule has 1 saturated heterocycles. The van der Waals surface area contributed by atoms with Gasteiger partial charge in [0.1, 0.15) is 12.1 Å². The number of amides is 4. The quantitative estimate of drug-likeness (QED) is 0.544. The number of Topliss-reactive ketones (excluding diaryl/α,β-unsaturated/α-hetero) is 1. The summed E-state index contributed by atoms with van der Waals surface area (Å²) in [6, 6.07) is 13.4. The normalized spacial score (nSPS) is 18.3. The highest BCUT2D eigenvalue weighted by molar-refractivity contribution is 6.10. The van der Waals surface area contributed by atoms with Crippen LogP contribution in [-0.2, 0) is 21.5 Å². The average Bonchev–Trinajstić information content (AvgIpc) is 2.93. The topological polar surface area (TPSA) is 95.6 Å². The van der Waals surface area contributed by atoms with Crippen LogP contribution in [0.4, 0.5) is 10.5 Å². The molecule has 0 saturated carbocycles. The van der Waals surface area contributed by atoms with E-state index < -0.39 is 29.9 Å². The lowest BCUT2D eigenvalue weighted by Crippen LogP contribution is -2.42. The van der Waals surface area contributed by atoms with Gasteiger partial charge >= 0.3 is 6.03 Å². The van der Waals surface area contributed by atoms with E-state index in [1.54, 1.807) is 31.2 Å². The predicted octanol–water partition coefficient (Wildman–Crippen LogP) is 3.25. The van der Waals surface area contributed by atoms with Crippen LogP contribution in [0.1, 0.15) is 48.7 Å².